The van der Waals surface area contributed by atoms with Gasteiger partial charge in [0.25, 0.3) is 0 Å². The summed E-state index contributed by atoms with van der Waals surface area (Å²) in [5.41, 5.74) is 2.06. The molecular weight excluding hydrogens is 446 g/mol. The average Bonchev–Trinajstić information content (AvgIpc) is 3.20. The molecule has 6 heteroatoms. The van der Waals surface area contributed by atoms with Gasteiger partial charge in [-0.1, -0.05) is 6.92 Å². The molecule has 0 aliphatic rings. The molecule has 0 radical (unpaired) electrons. The standard InChI is InChI=1S/C28H29NO4S/c1-4-28(2,3)29-15-16-33-22-12-7-18(8-13-22)26(32)25-23-14-11-21(31)17-24(23)34-27(25)19-5-9-20(30)10-6-19/h5-14,17,29-31H,4,15-16H2,1-3H3. The van der Waals surface area contributed by atoms with Gasteiger partial charge < -0.3 is 20.3 Å². The van der Waals surface area contributed by atoms with Crippen molar-refractivity contribution < 1.29 is 19.7 Å². The van der Waals surface area contributed by atoms with E-state index in [1.54, 1.807) is 54.6 Å². The number of thiophene rings is 1. The van der Waals surface area contributed by atoms with Gasteiger partial charge in [-0.05, 0) is 92.6 Å². The summed E-state index contributed by atoms with van der Waals surface area (Å²) in [4.78, 5) is 14.4. The van der Waals surface area contributed by atoms with E-state index in [0.717, 1.165) is 33.5 Å². The normalized spacial score (nSPS) is 11.6. The van der Waals surface area contributed by atoms with Crippen molar-refractivity contribution in [2.75, 3.05) is 13.2 Å². The number of hydrogen-bond donors (Lipinski definition) is 3. The molecule has 4 aromatic rings. The van der Waals surface area contributed by atoms with Gasteiger partial charge >= 0.3 is 0 Å². The summed E-state index contributed by atoms with van der Waals surface area (Å²) >= 11 is 1.45. The highest BCUT2D eigenvalue weighted by atomic mass is 32.1. The molecule has 0 unspecified atom stereocenters. The Bertz CT molecular complexity index is 1290. The van der Waals surface area contributed by atoms with Crippen LogP contribution >= 0.6 is 11.3 Å². The second-order valence-electron chi connectivity index (χ2n) is 8.90. The first-order valence-electron chi connectivity index (χ1n) is 11.3. The number of carbonyl (C=O) groups is 1. The number of phenols is 2. The SMILES string of the molecule is CCC(C)(C)NCCOc1ccc(C(=O)c2c(-c3ccc(O)cc3)sc3cc(O)ccc23)cc1. The smallest absolute Gasteiger partial charge is 0.195 e. The van der Waals surface area contributed by atoms with E-state index in [9.17, 15) is 15.0 Å². The molecule has 1 heterocycles. The van der Waals surface area contributed by atoms with E-state index >= 15 is 0 Å². The third-order valence-electron chi connectivity index (χ3n) is 6.00. The van der Waals surface area contributed by atoms with E-state index in [-0.39, 0.29) is 22.8 Å². The molecule has 0 bridgehead atoms. The first-order chi connectivity index (χ1) is 16.3. The maximum absolute atomic E-state index is 13.6. The lowest BCUT2D eigenvalue weighted by atomic mass is 9.97. The number of nitrogens with one attached hydrogen (secondary N) is 1. The van der Waals surface area contributed by atoms with E-state index in [1.807, 2.05) is 12.1 Å². The zero-order chi connectivity index (χ0) is 24.3. The van der Waals surface area contributed by atoms with E-state index in [4.69, 9.17) is 4.74 Å². The Kier molecular flexibility index (Phi) is 6.91. The largest absolute Gasteiger partial charge is 0.508 e. The van der Waals surface area contributed by atoms with E-state index in [2.05, 4.69) is 26.1 Å². The van der Waals surface area contributed by atoms with Crippen molar-refractivity contribution >= 4 is 27.2 Å². The monoisotopic (exact) mass is 475 g/mol. The number of benzene rings is 3. The Morgan fingerprint density at radius 2 is 1.65 bits per heavy atom. The second-order valence-corrected chi connectivity index (χ2v) is 9.95. The van der Waals surface area contributed by atoms with Crippen LogP contribution in [0.1, 0.15) is 43.1 Å². The number of ether oxygens (including phenoxy) is 1. The molecule has 4 rings (SSSR count). The van der Waals surface area contributed by atoms with Crippen LogP contribution < -0.4 is 10.1 Å². The van der Waals surface area contributed by atoms with Gasteiger partial charge in [-0.25, -0.2) is 0 Å². The predicted molar refractivity (Wildman–Crippen MR) is 138 cm³/mol. The molecule has 3 aromatic carbocycles. The highest BCUT2D eigenvalue weighted by Crippen LogP contribution is 2.41. The van der Waals surface area contributed by atoms with E-state index < -0.39 is 0 Å². The van der Waals surface area contributed by atoms with Crippen LogP contribution in [-0.4, -0.2) is 34.7 Å². The van der Waals surface area contributed by atoms with Crippen molar-refractivity contribution in [1.29, 1.82) is 0 Å². The van der Waals surface area contributed by atoms with Gasteiger partial charge in [0, 0.05) is 38.2 Å². The maximum Gasteiger partial charge on any atom is 0.195 e. The van der Waals surface area contributed by atoms with Gasteiger partial charge in [-0.3, -0.25) is 4.79 Å². The predicted octanol–water partition coefficient (Wildman–Crippen LogP) is 6.37. The van der Waals surface area contributed by atoms with E-state index in [0.29, 0.717) is 23.5 Å². The second kappa shape index (κ2) is 9.87. The van der Waals surface area contributed by atoms with Crippen LogP contribution in [0.3, 0.4) is 0 Å². The fourth-order valence-corrected chi connectivity index (χ4v) is 4.90. The minimum Gasteiger partial charge on any atom is -0.508 e. The molecular formula is C28H29NO4S. The molecule has 34 heavy (non-hydrogen) atoms. The Balaban J connectivity index is 1.59. The van der Waals surface area contributed by atoms with E-state index in [1.165, 1.54) is 11.3 Å². The molecule has 5 nitrogen and oxygen atoms in total. The van der Waals surface area contributed by atoms with Gasteiger partial charge in [-0.2, -0.15) is 0 Å². The van der Waals surface area contributed by atoms with Gasteiger partial charge in [-0.15, -0.1) is 11.3 Å². The van der Waals surface area contributed by atoms with Crippen molar-refractivity contribution in [3.05, 3.63) is 77.9 Å². The van der Waals surface area contributed by atoms with Crippen LogP contribution in [0.5, 0.6) is 17.2 Å². The number of phenolic OH excluding ortho intramolecular Hbond substituents is 2. The molecule has 0 spiro atoms. The van der Waals surface area contributed by atoms with Gasteiger partial charge in [0.1, 0.15) is 23.9 Å². The lowest BCUT2D eigenvalue weighted by Gasteiger charge is -2.24. The zero-order valence-electron chi connectivity index (χ0n) is 19.6. The topological polar surface area (TPSA) is 78.8 Å². The van der Waals surface area contributed by atoms with Crippen molar-refractivity contribution in [1.82, 2.24) is 5.32 Å². The Morgan fingerprint density at radius 3 is 2.32 bits per heavy atom. The Morgan fingerprint density at radius 1 is 0.971 bits per heavy atom. The van der Waals surface area contributed by atoms with Crippen molar-refractivity contribution in [3.63, 3.8) is 0 Å². The summed E-state index contributed by atoms with van der Waals surface area (Å²) in [7, 11) is 0. The fraction of sp³-hybridized carbons (Fsp3) is 0.250. The van der Waals surface area contributed by atoms with Gasteiger partial charge in [0.2, 0.25) is 0 Å². The third kappa shape index (κ3) is 5.24. The maximum atomic E-state index is 13.6. The molecule has 0 aliphatic heterocycles. The van der Waals surface area contributed by atoms with Crippen LogP contribution in [0, 0.1) is 0 Å². The number of aromatic hydroxyl groups is 2. The Labute approximate surface area is 203 Å². The summed E-state index contributed by atoms with van der Waals surface area (Å²) in [5, 5.41) is 23.9. The highest BCUT2D eigenvalue weighted by molar-refractivity contribution is 7.22. The number of hydrogen-bond acceptors (Lipinski definition) is 6. The van der Waals surface area contributed by atoms with Crippen LogP contribution in [0.15, 0.2) is 66.7 Å². The molecule has 0 amide bonds. The molecule has 0 atom stereocenters. The fourth-order valence-electron chi connectivity index (χ4n) is 3.66. The summed E-state index contributed by atoms with van der Waals surface area (Å²) in [6, 6.07) is 19.0. The van der Waals surface area contributed by atoms with Crippen LogP contribution in [-0.2, 0) is 0 Å². The average molecular weight is 476 g/mol. The number of rotatable bonds is 9. The first kappa shape index (κ1) is 23.8. The minimum atomic E-state index is -0.0991. The molecule has 176 valence electrons. The van der Waals surface area contributed by atoms with Crippen LogP contribution in [0.25, 0.3) is 20.5 Å². The van der Waals surface area contributed by atoms with Crippen molar-refractivity contribution in [3.8, 4) is 27.7 Å². The first-order valence-corrected chi connectivity index (χ1v) is 12.2. The molecule has 0 saturated heterocycles. The molecule has 0 fully saturated rings. The lowest BCUT2D eigenvalue weighted by molar-refractivity contribution is 0.104. The molecule has 1 aromatic heterocycles. The summed E-state index contributed by atoms with van der Waals surface area (Å²) < 4.78 is 6.66. The number of carbonyl (C=O) groups excluding carboxylic acids is 1. The number of fused-ring (bicyclic) bond motifs is 1. The Hall–Kier alpha value is -3.35. The molecule has 0 saturated carbocycles. The van der Waals surface area contributed by atoms with Gasteiger partial charge in [0.05, 0.1) is 0 Å². The minimum absolute atomic E-state index is 0.0783. The molecule has 0 aliphatic carbocycles. The lowest BCUT2D eigenvalue weighted by Crippen LogP contribution is -2.40. The highest BCUT2D eigenvalue weighted by Gasteiger charge is 2.22. The summed E-state index contributed by atoms with van der Waals surface area (Å²) in [5.74, 6) is 0.937. The van der Waals surface area contributed by atoms with Crippen molar-refractivity contribution in [2.45, 2.75) is 32.7 Å². The van der Waals surface area contributed by atoms with Crippen LogP contribution in [0.2, 0.25) is 0 Å². The quantitative estimate of drug-likeness (QED) is 0.194. The summed E-state index contributed by atoms with van der Waals surface area (Å²) in [6.45, 7) is 7.76. The summed E-state index contributed by atoms with van der Waals surface area (Å²) in [6.07, 6.45) is 1.03. The third-order valence-corrected chi connectivity index (χ3v) is 7.21. The molecule has 3 N–H and O–H groups in total. The number of ketones is 1. The van der Waals surface area contributed by atoms with Crippen molar-refractivity contribution in [2.24, 2.45) is 0 Å². The zero-order valence-corrected chi connectivity index (χ0v) is 20.4. The van der Waals surface area contributed by atoms with Crippen LogP contribution in [0.4, 0.5) is 0 Å². The van der Waals surface area contributed by atoms with Gasteiger partial charge in [0.15, 0.2) is 5.78 Å².